The maximum absolute atomic E-state index is 11.8. The van der Waals surface area contributed by atoms with E-state index in [-0.39, 0.29) is 20.7 Å². The first-order valence-electron chi connectivity index (χ1n) is 6.23. The maximum atomic E-state index is 11.8. The van der Waals surface area contributed by atoms with Crippen LogP contribution in [0.5, 0.6) is 11.5 Å². The summed E-state index contributed by atoms with van der Waals surface area (Å²) in [5.74, 6) is -2.92. The first-order valence-corrected chi connectivity index (χ1v) is 7.82. The molecule has 130 valence electrons. The lowest BCUT2D eigenvalue weighted by Gasteiger charge is -2.07. The van der Waals surface area contributed by atoms with Gasteiger partial charge in [-0.25, -0.2) is 4.79 Å². The molecule has 2 aromatic rings. The summed E-state index contributed by atoms with van der Waals surface area (Å²) in [7, 11) is 0. The van der Waals surface area contributed by atoms with Gasteiger partial charge < -0.3 is 29.7 Å². The molecule has 0 unspecified atom stereocenters. The van der Waals surface area contributed by atoms with E-state index in [1.165, 1.54) is 24.3 Å². The molecule has 2 rings (SSSR count). The molecular weight excluding hydrogens is 472 g/mol. The third-order valence-electron chi connectivity index (χ3n) is 2.53. The van der Waals surface area contributed by atoms with Gasteiger partial charge >= 0.3 is 17.6 Å². The molecule has 0 atom stereocenters. The van der Waals surface area contributed by atoms with Gasteiger partial charge in [-0.15, -0.1) is 0 Å². The molecule has 0 amide bonds. The summed E-state index contributed by atoms with van der Waals surface area (Å²) >= 11 is 5.94. The SMILES string of the molecule is O=C(COc1ccc(Br)nc1[N+](=O)[O-])Oc1ccc(Br)nc1[N+](=O)[O-]. The second kappa shape index (κ2) is 7.94. The van der Waals surface area contributed by atoms with Crippen LogP contribution in [-0.4, -0.2) is 32.4 Å². The number of carbonyl (C=O) groups excluding carboxylic acids is 1. The van der Waals surface area contributed by atoms with Gasteiger partial charge in [0.05, 0.1) is 0 Å². The molecule has 0 fully saturated rings. The highest BCUT2D eigenvalue weighted by Gasteiger charge is 2.23. The molecule has 2 heterocycles. The summed E-state index contributed by atoms with van der Waals surface area (Å²) in [4.78, 5) is 39.2. The van der Waals surface area contributed by atoms with Gasteiger partial charge in [-0.2, -0.15) is 0 Å². The molecule has 0 aliphatic rings. The highest BCUT2D eigenvalue weighted by molar-refractivity contribution is 9.10. The van der Waals surface area contributed by atoms with Gasteiger partial charge in [0.2, 0.25) is 20.7 Å². The number of pyridine rings is 2. The third kappa shape index (κ3) is 4.90. The Morgan fingerprint density at radius 2 is 1.44 bits per heavy atom. The van der Waals surface area contributed by atoms with E-state index in [4.69, 9.17) is 9.47 Å². The zero-order chi connectivity index (χ0) is 18.6. The molecule has 0 spiro atoms. The van der Waals surface area contributed by atoms with Crippen LogP contribution in [0, 0.1) is 20.2 Å². The number of rotatable bonds is 6. The number of nitro groups is 2. The Hall–Kier alpha value is -2.67. The standard InChI is InChI=1S/C12H6Br2N4O7/c13-8-3-1-6(11(15-8)17(20)21)24-5-10(19)25-7-2-4-9(14)16-12(7)18(22)23/h1-4H,5H2. The van der Waals surface area contributed by atoms with Crippen LogP contribution < -0.4 is 9.47 Å². The Bertz CT molecular complexity index is 861. The summed E-state index contributed by atoms with van der Waals surface area (Å²) in [5.41, 5.74) is 0. The van der Waals surface area contributed by atoms with E-state index in [0.29, 0.717) is 0 Å². The van der Waals surface area contributed by atoms with Gasteiger partial charge in [0.15, 0.2) is 6.61 Å². The molecule has 0 saturated heterocycles. The quantitative estimate of drug-likeness (QED) is 0.265. The largest absolute Gasteiger partial charge is 0.474 e. The minimum Gasteiger partial charge on any atom is -0.474 e. The molecule has 0 saturated carbocycles. The van der Waals surface area contributed by atoms with Gasteiger partial charge in [0.1, 0.15) is 0 Å². The lowest BCUT2D eigenvalue weighted by atomic mass is 10.4. The van der Waals surface area contributed by atoms with Crippen LogP contribution in [0.25, 0.3) is 0 Å². The van der Waals surface area contributed by atoms with Crippen LogP contribution in [0.4, 0.5) is 11.6 Å². The van der Waals surface area contributed by atoms with Crippen molar-refractivity contribution in [3.05, 3.63) is 53.7 Å². The van der Waals surface area contributed by atoms with Gasteiger partial charge in [0, 0.05) is 44.0 Å². The second-order valence-electron chi connectivity index (χ2n) is 4.19. The number of aromatic nitrogens is 2. The van der Waals surface area contributed by atoms with Crippen molar-refractivity contribution in [2.45, 2.75) is 0 Å². The number of carbonyl (C=O) groups is 1. The molecule has 0 N–H and O–H groups in total. The predicted molar refractivity (Wildman–Crippen MR) is 88.3 cm³/mol. The van der Waals surface area contributed by atoms with E-state index in [1.807, 2.05) is 0 Å². The van der Waals surface area contributed by atoms with E-state index in [2.05, 4.69) is 41.8 Å². The van der Waals surface area contributed by atoms with E-state index >= 15 is 0 Å². The first-order chi connectivity index (χ1) is 11.8. The average molecular weight is 478 g/mol. The summed E-state index contributed by atoms with van der Waals surface area (Å²) in [6.45, 7) is -0.725. The topological polar surface area (TPSA) is 148 Å². The van der Waals surface area contributed by atoms with Gasteiger partial charge in [0.25, 0.3) is 0 Å². The number of hydrogen-bond acceptors (Lipinski definition) is 9. The Morgan fingerprint density at radius 3 is 1.96 bits per heavy atom. The zero-order valence-electron chi connectivity index (χ0n) is 11.9. The fourth-order valence-electron chi connectivity index (χ4n) is 1.57. The fraction of sp³-hybridized carbons (Fsp3) is 0.0833. The highest BCUT2D eigenvalue weighted by atomic mass is 79.9. The van der Waals surface area contributed by atoms with Gasteiger partial charge in [-0.05, 0) is 31.9 Å². The summed E-state index contributed by atoms with van der Waals surface area (Å²) < 4.78 is 10.2. The molecule has 0 bridgehead atoms. The van der Waals surface area contributed by atoms with E-state index in [9.17, 15) is 25.0 Å². The fourth-order valence-corrected chi connectivity index (χ4v) is 2.17. The molecule has 11 nitrogen and oxygen atoms in total. The van der Waals surface area contributed by atoms with Crippen LogP contribution >= 0.6 is 31.9 Å². The number of esters is 1. The molecule has 0 radical (unpaired) electrons. The molecule has 13 heteroatoms. The summed E-state index contributed by atoms with van der Waals surface area (Å²) in [6.07, 6.45) is 0. The van der Waals surface area contributed by atoms with Crippen LogP contribution in [0.15, 0.2) is 33.5 Å². The van der Waals surface area contributed by atoms with Crippen molar-refractivity contribution in [1.29, 1.82) is 0 Å². The number of hydrogen-bond donors (Lipinski definition) is 0. The molecule has 0 aliphatic carbocycles. The van der Waals surface area contributed by atoms with E-state index < -0.39 is 34.1 Å². The molecule has 25 heavy (non-hydrogen) atoms. The lowest BCUT2D eigenvalue weighted by molar-refractivity contribution is -0.390. The van der Waals surface area contributed by atoms with Crippen molar-refractivity contribution in [1.82, 2.24) is 9.97 Å². The average Bonchev–Trinajstić information content (AvgIpc) is 2.55. The first kappa shape index (κ1) is 18.7. The van der Waals surface area contributed by atoms with Crippen molar-refractivity contribution in [3.8, 4) is 11.5 Å². The summed E-state index contributed by atoms with van der Waals surface area (Å²) in [5, 5.41) is 21.8. The number of ether oxygens (including phenoxy) is 2. The van der Waals surface area contributed by atoms with Crippen molar-refractivity contribution >= 4 is 49.5 Å². The van der Waals surface area contributed by atoms with Crippen molar-refractivity contribution in [3.63, 3.8) is 0 Å². The normalized spacial score (nSPS) is 10.2. The van der Waals surface area contributed by atoms with Gasteiger partial charge in [-0.3, -0.25) is 0 Å². The molecule has 0 aliphatic heterocycles. The maximum Gasteiger partial charge on any atom is 0.408 e. The third-order valence-corrected chi connectivity index (χ3v) is 3.41. The van der Waals surface area contributed by atoms with Crippen molar-refractivity contribution in [2.24, 2.45) is 0 Å². The van der Waals surface area contributed by atoms with Gasteiger partial charge in [-0.1, -0.05) is 0 Å². The van der Waals surface area contributed by atoms with Crippen LogP contribution in [0.1, 0.15) is 0 Å². The van der Waals surface area contributed by atoms with E-state index in [1.54, 1.807) is 0 Å². The Kier molecular flexibility index (Phi) is 5.93. The minimum absolute atomic E-state index is 0.187. The Labute approximate surface area is 155 Å². The smallest absolute Gasteiger partial charge is 0.408 e. The van der Waals surface area contributed by atoms with Crippen LogP contribution in [-0.2, 0) is 4.79 Å². The number of nitrogens with zero attached hydrogens (tertiary/aromatic N) is 4. The van der Waals surface area contributed by atoms with Crippen LogP contribution in [0.2, 0.25) is 0 Å². The highest BCUT2D eigenvalue weighted by Crippen LogP contribution is 2.28. The van der Waals surface area contributed by atoms with Crippen molar-refractivity contribution in [2.75, 3.05) is 6.61 Å². The minimum atomic E-state index is -1.01. The monoisotopic (exact) mass is 476 g/mol. The Balaban J connectivity index is 2.10. The molecule has 0 aromatic carbocycles. The summed E-state index contributed by atoms with van der Waals surface area (Å²) in [6, 6.07) is 5.15. The second-order valence-corrected chi connectivity index (χ2v) is 5.81. The zero-order valence-corrected chi connectivity index (χ0v) is 15.1. The number of halogens is 2. The van der Waals surface area contributed by atoms with Crippen LogP contribution in [0.3, 0.4) is 0 Å². The molecular formula is C12H6Br2N4O7. The molecule has 2 aromatic heterocycles. The van der Waals surface area contributed by atoms with Crippen molar-refractivity contribution < 1.29 is 24.1 Å². The lowest BCUT2D eigenvalue weighted by Crippen LogP contribution is -2.19. The van der Waals surface area contributed by atoms with E-state index in [0.717, 1.165) is 0 Å². The predicted octanol–water partition coefficient (Wildman–Crippen LogP) is 2.80. The Morgan fingerprint density at radius 1 is 0.960 bits per heavy atom.